The largest absolute Gasteiger partial charge is 0.484 e. The van der Waals surface area contributed by atoms with Crippen molar-refractivity contribution in [3.63, 3.8) is 0 Å². The first kappa shape index (κ1) is 12.5. The Morgan fingerprint density at radius 2 is 2.22 bits per heavy atom. The highest BCUT2D eigenvalue weighted by molar-refractivity contribution is 9.10. The molecule has 2 nitrogen and oxygen atoms in total. The number of halogens is 2. The van der Waals surface area contributed by atoms with Crippen molar-refractivity contribution in [1.82, 2.24) is 0 Å². The molecule has 1 unspecified atom stereocenters. The van der Waals surface area contributed by atoms with Gasteiger partial charge in [0.05, 0.1) is 4.88 Å². The molecule has 2 aromatic rings. The number of hydrogen-bond acceptors (Lipinski definition) is 3. The first-order valence-corrected chi connectivity index (χ1v) is 7.65. The molecule has 0 aliphatic carbocycles. The fraction of sp³-hybridized carbons (Fsp3) is 0.231. The standard InChI is InChI=1S/C13H11BrClNOS/c14-9-3-4-18-13(9)12-6-10(16)8-5-7(15)1-2-11(8)17-12/h1-5,10,12H,6,16H2/t10-,12?/m1/s1. The summed E-state index contributed by atoms with van der Waals surface area (Å²) in [7, 11) is 0. The van der Waals surface area contributed by atoms with E-state index in [1.54, 1.807) is 11.3 Å². The maximum Gasteiger partial charge on any atom is 0.136 e. The van der Waals surface area contributed by atoms with Gasteiger partial charge in [-0.05, 0) is 45.6 Å². The molecule has 0 saturated heterocycles. The molecule has 0 amide bonds. The van der Waals surface area contributed by atoms with Crippen LogP contribution in [0.1, 0.15) is 29.0 Å². The van der Waals surface area contributed by atoms with Gasteiger partial charge in [0, 0.05) is 27.5 Å². The number of fused-ring (bicyclic) bond motifs is 1. The third-order valence-electron chi connectivity index (χ3n) is 3.05. The van der Waals surface area contributed by atoms with Gasteiger partial charge in [0.15, 0.2) is 0 Å². The van der Waals surface area contributed by atoms with E-state index in [1.807, 2.05) is 29.6 Å². The summed E-state index contributed by atoms with van der Waals surface area (Å²) >= 11 is 11.2. The van der Waals surface area contributed by atoms with E-state index < -0.39 is 0 Å². The molecule has 3 rings (SSSR count). The Morgan fingerprint density at radius 3 is 2.94 bits per heavy atom. The van der Waals surface area contributed by atoms with Crippen molar-refractivity contribution in [2.75, 3.05) is 0 Å². The average Bonchev–Trinajstić information content (AvgIpc) is 2.76. The highest BCUT2D eigenvalue weighted by Gasteiger charge is 2.29. The number of benzene rings is 1. The Kier molecular flexibility index (Phi) is 3.36. The Labute approximate surface area is 123 Å². The van der Waals surface area contributed by atoms with E-state index >= 15 is 0 Å². The summed E-state index contributed by atoms with van der Waals surface area (Å²) in [6.45, 7) is 0. The van der Waals surface area contributed by atoms with Crippen LogP contribution in [0.4, 0.5) is 0 Å². The van der Waals surface area contributed by atoms with Crippen molar-refractivity contribution in [3.05, 3.63) is 49.6 Å². The smallest absolute Gasteiger partial charge is 0.136 e. The van der Waals surface area contributed by atoms with Gasteiger partial charge in [0.1, 0.15) is 11.9 Å². The molecule has 5 heteroatoms. The Hall–Kier alpha value is -0.550. The molecule has 2 heterocycles. The molecule has 0 radical (unpaired) electrons. The molecule has 0 saturated carbocycles. The summed E-state index contributed by atoms with van der Waals surface area (Å²) in [5.41, 5.74) is 7.20. The minimum Gasteiger partial charge on any atom is -0.484 e. The fourth-order valence-corrected chi connectivity index (χ4v) is 4.02. The Morgan fingerprint density at radius 1 is 1.39 bits per heavy atom. The van der Waals surface area contributed by atoms with Gasteiger partial charge in [-0.3, -0.25) is 0 Å². The van der Waals surface area contributed by atoms with E-state index in [0.717, 1.165) is 22.2 Å². The van der Waals surface area contributed by atoms with Crippen molar-refractivity contribution in [3.8, 4) is 5.75 Å². The van der Waals surface area contributed by atoms with Crippen molar-refractivity contribution in [2.24, 2.45) is 5.73 Å². The summed E-state index contributed by atoms with van der Waals surface area (Å²) in [5, 5.41) is 2.75. The Balaban J connectivity index is 1.97. The number of hydrogen-bond donors (Lipinski definition) is 1. The van der Waals surface area contributed by atoms with Crippen molar-refractivity contribution in [1.29, 1.82) is 0 Å². The van der Waals surface area contributed by atoms with E-state index in [1.165, 1.54) is 4.88 Å². The summed E-state index contributed by atoms with van der Waals surface area (Å²) in [6, 6.07) is 7.61. The number of thiophene rings is 1. The van der Waals surface area contributed by atoms with E-state index in [2.05, 4.69) is 15.9 Å². The maximum atomic E-state index is 6.21. The zero-order chi connectivity index (χ0) is 12.7. The maximum absolute atomic E-state index is 6.21. The zero-order valence-corrected chi connectivity index (χ0v) is 12.6. The quantitative estimate of drug-likeness (QED) is 0.814. The molecular weight excluding hydrogens is 334 g/mol. The van der Waals surface area contributed by atoms with Gasteiger partial charge in [0.2, 0.25) is 0 Å². The molecule has 1 aliphatic heterocycles. The molecule has 0 fully saturated rings. The van der Waals surface area contributed by atoms with Crippen LogP contribution in [0.5, 0.6) is 5.75 Å². The van der Waals surface area contributed by atoms with Gasteiger partial charge in [-0.25, -0.2) is 0 Å². The van der Waals surface area contributed by atoms with Crippen LogP contribution >= 0.6 is 38.9 Å². The Bertz CT molecular complexity index is 586. The second-order valence-corrected chi connectivity index (χ2v) is 6.50. The molecule has 0 bridgehead atoms. The predicted octanol–water partition coefficient (Wildman–Crippen LogP) is 4.69. The van der Waals surface area contributed by atoms with Crippen LogP contribution in [0.15, 0.2) is 34.1 Å². The van der Waals surface area contributed by atoms with Crippen LogP contribution in [-0.2, 0) is 0 Å². The summed E-state index contributed by atoms with van der Waals surface area (Å²) in [4.78, 5) is 1.19. The van der Waals surface area contributed by atoms with E-state index in [-0.39, 0.29) is 12.1 Å². The highest BCUT2D eigenvalue weighted by atomic mass is 79.9. The van der Waals surface area contributed by atoms with Crippen LogP contribution in [0, 0.1) is 0 Å². The van der Waals surface area contributed by atoms with E-state index in [0.29, 0.717) is 5.02 Å². The third kappa shape index (κ3) is 2.18. The lowest BCUT2D eigenvalue weighted by molar-refractivity contribution is 0.164. The van der Waals surface area contributed by atoms with E-state index in [4.69, 9.17) is 22.1 Å². The molecule has 1 aromatic carbocycles. The lowest BCUT2D eigenvalue weighted by Gasteiger charge is -2.30. The first-order chi connectivity index (χ1) is 8.65. The highest BCUT2D eigenvalue weighted by Crippen LogP contribution is 2.43. The first-order valence-electron chi connectivity index (χ1n) is 5.59. The summed E-state index contributed by atoms with van der Waals surface area (Å²) in [5.74, 6) is 0.837. The second-order valence-electron chi connectivity index (χ2n) is 4.26. The molecule has 94 valence electrons. The normalized spacial score (nSPS) is 22.4. The van der Waals surface area contributed by atoms with Gasteiger partial charge in [0.25, 0.3) is 0 Å². The van der Waals surface area contributed by atoms with Gasteiger partial charge in [-0.2, -0.15) is 0 Å². The molecular formula is C13H11BrClNOS. The van der Waals surface area contributed by atoms with Crippen LogP contribution < -0.4 is 10.5 Å². The third-order valence-corrected chi connectivity index (χ3v) is 5.24. The van der Waals surface area contributed by atoms with Crippen LogP contribution in [-0.4, -0.2) is 0 Å². The van der Waals surface area contributed by atoms with Crippen LogP contribution in [0.2, 0.25) is 5.02 Å². The van der Waals surface area contributed by atoms with Gasteiger partial charge >= 0.3 is 0 Å². The van der Waals surface area contributed by atoms with Gasteiger partial charge in [-0.15, -0.1) is 11.3 Å². The number of nitrogens with two attached hydrogens (primary N) is 1. The van der Waals surface area contributed by atoms with Crippen LogP contribution in [0.25, 0.3) is 0 Å². The fourth-order valence-electron chi connectivity index (χ4n) is 2.17. The van der Waals surface area contributed by atoms with Gasteiger partial charge in [-0.1, -0.05) is 11.6 Å². The van der Waals surface area contributed by atoms with Crippen molar-refractivity contribution < 1.29 is 4.74 Å². The topological polar surface area (TPSA) is 35.2 Å². The minimum atomic E-state index is -0.0357. The lowest BCUT2D eigenvalue weighted by atomic mass is 9.96. The lowest BCUT2D eigenvalue weighted by Crippen LogP contribution is -2.23. The summed E-state index contributed by atoms with van der Waals surface area (Å²) in [6.07, 6.45) is 0.787. The van der Waals surface area contributed by atoms with Crippen LogP contribution in [0.3, 0.4) is 0 Å². The van der Waals surface area contributed by atoms with E-state index in [9.17, 15) is 0 Å². The number of rotatable bonds is 1. The minimum absolute atomic E-state index is 0.0167. The van der Waals surface area contributed by atoms with Crippen molar-refractivity contribution >= 4 is 38.9 Å². The molecule has 1 aliphatic rings. The molecule has 2 N–H and O–H groups in total. The molecule has 1 aromatic heterocycles. The second kappa shape index (κ2) is 4.85. The zero-order valence-electron chi connectivity index (χ0n) is 9.40. The molecule has 18 heavy (non-hydrogen) atoms. The molecule has 0 spiro atoms. The predicted molar refractivity (Wildman–Crippen MR) is 78.4 cm³/mol. The molecule has 2 atom stereocenters. The SMILES string of the molecule is N[C@@H]1CC(c2sccc2Br)Oc2ccc(Cl)cc21. The van der Waals surface area contributed by atoms with Crippen molar-refractivity contribution in [2.45, 2.75) is 18.6 Å². The van der Waals surface area contributed by atoms with Gasteiger partial charge < -0.3 is 10.5 Å². The number of ether oxygens (including phenoxy) is 1. The summed E-state index contributed by atoms with van der Waals surface area (Å²) < 4.78 is 7.11. The monoisotopic (exact) mass is 343 g/mol. The average molecular weight is 345 g/mol.